The van der Waals surface area contributed by atoms with E-state index in [-0.39, 0.29) is 5.56 Å². The van der Waals surface area contributed by atoms with E-state index in [1.807, 2.05) is 18.2 Å². The van der Waals surface area contributed by atoms with Crippen molar-refractivity contribution in [3.05, 3.63) is 63.7 Å². The summed E-state index contributed by atoms with van der Waals surface area (Å²) in [6.45, 7) is 0.418. The lowest BCUT2D eigenvalue weighted by Crippen LogP contribution is -2.21. The number of methoxy groups -OCH3 is 2. The van der Waals surface area contributed by atoms with Crippen molar-refractivity contribution in [2.45, 2.75) is 6.54 Å². The number of benzene rings is 2. The Morgan fingerprint density at radius 1 is 1.12 bits per heavy atom. The van der Waals surface area contributed by atoms with E-state index in [0.717, 1.165) is 16.5 Å². The van der Waals surface area contributed by atoms with Crippen LogP contribution in [-0.4, -0.2) is 28.8 Å². The second-order valence-corrected chi connectivity index (χ2v) is 6.34. The maximum atomic E-state index is 12.9. The number of rotatable bonds is 4. The van der Waals surface area contributed by atoms with Gasteiger partial charge in [-0.15, -0.1) is 0 Å². The van der Waals surface area contributed by atoms with Crippen molar-refractivity contribution in [2.75, 3.05) is 14.2 Å². The molecular weight excluding hydrogens is 354 g/mol. The van der Waals surface area contributed by atoms with Gasteiger partial charge in [-0.1, -0.05) is 23.7 Å². The van der Waals surface area contributed by atoms with E-state index >= 15 is 0 Å². The van der Waals surface area contributed by atoms with E-state index in [2.05, 4.69) is 9.97 Å². The highest BCUT2D eigenvalue weighted by atomic mass is 35.5. The summed E-state index contributed by atoms with van der Waals surface area (Å²) in [6, 6.07) is 11.0. The number of nitrogens with one attached hydrogen (secondary N) is 1. The van der Waals surface area contributed by atoms with Crippen molar-refractivity contribution in [3.8, 4) is 11.5 Å². The van der Waals surface area contributed by atoms with E-state index in [1.54, 1.807) is 43.3 Å². The van der Waals surface area contributed by atoms with Crippen molar-refractivity contribution in [1.29, 1.82) is 0 Å². The number of aromatic nitrogens is 3. The molecule has 2 aromatic heterocycles. The molecule has 0 saturated carbocycles. The monoisotopic (exact) mass is 369 g/mol. The minimum atomic E-state index is -0.140. The van der Waals surface area contributed by atoms with E-state index in [9.17, 15) is 4.79 Å². The normalized spacial score (nSPS) is 11.2. The number of halogens is 1. The van der Waals surface area contributed by atoms with Crippen LogP contribution in [0.5, 0.6) is 11.5 Å². The number of aromatic amines is 1. The summed E-state index contributed by atoms with van der Waals surface area (Å²) in [5, 5.41) is 1.47. The third kappa shape index (κ3) is 2.68. The van der Waals surface area contributed by atoms with Gasteiger partial charge >= 0.3 is 0 Å². The van der Waals surface area contributed by atoms with Gasteiger partial charge in [-0.3, -0.25) is 9.36 Å². The van der Waals surface area contributed by atoms with Crippen LogP contribution in [0.15, 0.2) is 47.5 Å². The molecule has 0 aliphatic carbocycles. The zero-order chi connectivity index (χ0) is 18.3. The quantitative estimate of drug-likeness (QED) is 0.596. The Morgan fingerprint density at radius 2 is 1.81 bits per heavy atom. The molecule has 0 radical (unpaired) electrons. The van der Waals surface area contributed by atoms with Gasteiger partial charge in [-0.25, -0.2) is 4.98 Å². The van der Waals surface area contributed by atoms with Crippen LogP contribution in [0.25, 0.3) is 21.9 Å². The molecule has 0 unspecified atom stereocenters. The van der Waals surface area contributed by atoms with E-state index < -0.39 is 0 Å². The predicted molar refractivity (Wildman–Crippen MR) is 102 cm³/mol. The molecule has 0 aliphatic heterocycles. The summed E-state index contributed by atoms with van der Waals surface area (Å²) < 4.78 is 12.2. The Kier molecular flexibility index (Phi) is 4.05. The minimum Gasteiger partial charge on any atom is -0.493 e. The van der Waals surface area contributed by atoms with Gasteiger partial charge in [-0.2, -0.15) is 0 Å². The fourth-order valence-corrected chi connectivity index (χ4v) is 3.14. The van der Waals surface area contributed by atoms with Crippen molar-refractivity contribution < 1.29 is 9.47 Å². The smallest absolute Gasteiger partial charge is 0.277 e. The number of nitrogens with zero attached hydrogens (tertiary/aromatic N) is 2. The third-order valence-corrected chi connectivity index (χ3v) is 4.59. The average molecular weight is 370 g/mol. The van der Waals surface area contributed by atoms with E-state index in [0.29, 0.717) is 34.1 Å². The van der Waals surface area contributed by atoms with Crippen LogP contribution in [0, 0.1) is 0 Å². The molecule has 2 heterocycles. The number of fused-ring (bicyclic) bond motifs is 3. The van der Waals surface area contributed by atoms with E-state index in [4.69, 9.17) is 21.1 Å². The first kappa shape index (κ1) is 16.5. The molecule has 0 aliphatic rings. The van der Waals surface area contributed by atoms with Gasteiger partial charge in [0.15, 0.2) is 11.5 Å². The number of hydrogen-bond acceptors (Lipinski definition) is 4. The summed E-state index contributed by atoms with van der Waals surface area (Å²) in [4.78, 5) is 20.5. The molecule has 132 valence electrons. The lowest BCUT2D eigenvalue weighted by atomic mass is 10.2. The Bertz CT molecular complexity index is 1160. The fraction of sp³-hybridized carbons (Fsp3) is 0.158. The van der Waals surface area contributed by atoms with Crippen LogP contribution in [0.2, 0.25) is 5.02 Å². The van der Waals surface area contributed by atoms with Gasteiger partial charge in [0, 0.05) is 16.5 Å². The first-order chi connectivity index (χ1) is 12.6. The van der Waals surface area contributed by atoms with Gasteiger partial charge in [0.2, 0.25) is 0 Å². The van der Waals surface area contributed by atoms with Crippen LogP contribution < -0.4 is 15.0 Å². The Morgan fingerprint density at radius 3 is 2.50 bits per heavy atom. The molecule has 2 aromatic carbocycles. The maximum Gasteiger partial charge on any atom is 0.277 e. The first-order valence-electron chi connectivity index (χ1n) is 7.98. The first-order valence-corrected chi connectivity index (χ1v) is 8.36. The molecule has 0 amide bonds. The van der Waals surface area contributed by atoms with Crippen molar-refractivity contribution in [3.63, 3.8) is 0 Å². The molecule has 0 spiro atoms. The summed E-state index contributed by atoms with van der Waals surface area (Å²) in [6.07, 6.45) is 1.56. The maximum absolute atomic E-state index is 12.9. The standard InChI is InChI=1S/C19H16ClN3O3/c1-25-15-7-13-14(8-16(15)26-2)22-18-17(13)21-10-23(19(18)24)9-11-3-5-12(20)6-4-11/h3-8,10,22H,9H2,1-2H3. The highest BCUT2D eigenvalue weighted by molar-refractivity contribution is 6.30. The van der Waals surface area contributed by atoms with Crippen molar-refractivity contribution in [1.82, 2.24) is 14.5 Å². The lowest BCUT2D eigenvalue weighted by Gasteiger charge is -2.07. The zero-order valence-corrected chi connectivity index (χ0v) is 15.0. The largest absolute Gasteiger partial charge is 0.493 e. The van der Waals surface area contributed by atoms with Crippen LogP contribution in [0.1, 0.15) is 5.56 Å². The topological polar surface area (TPSA) is 69.1 Å². The lowest BCUT2D eigenvalue weighted by molar-refractivity contribution is 0.356. The minimum absolute atomic E-state index is 0.140. The van der Waals surface area contributed by atoms with Gasteiger partial charge in [-0.05, 0) is 23.8 Å². The Hall–Kier alpha value is -2.99. The zero-order valence-electron chi connectivity index (χ0n) is 14.2. The van der Waals surface area contributed by atoms with Crippen LogP contribution in [0.4, 0.5) is 0 Å². The average Bonchev–Trinajstić information content (AvgIpc) is 3.02. The van der Waals surface area contributed by atoms with Crippen LogP contribution >= 0.6 is 11.6 Å². The Balaban J connectivity index is 1.85. The summed E-state index contributed by atoms with van der Waals surface area (Å²) in [5.41, 5.74) is 2.66. The number of hydrogen-bond donors (Lipinski definition) is 1. The molecule has 4 rings (SSSR count). The molecule has 1 N–H and O–H groups in total. The van der Waals surface area contributed by atoms with Gasteiger partial charge in [0.25, 0.3) is 5.56 Å². The molecule has 0 bridgehead atoms. The molecule has 6 nitrogen and oxygen atoms in total. The van der Waals surface area contributed by atoms with Crippen molar-refractivity contribution >= 4 is 33.5 Å². The number of H-pyrrole nitrogens is 1. The Labute approximate surface area is 153 Å². The SMILES string of the molecule is COc1cc2[nH]c3c(=O)n(Cc4ccc(Cl)cc4)cnc3c2cc1OC. The summed E-state index contributed by atoms with van der Waals surface area (Å²) >= 11 is 5.91. The summed E-state index contributed by atoms with van der Waals surface area (Å²) in [7, 11) is 3.15. The van der Waals surface area contributed by atoms with E-state index in [1.165, 1.54) is 0 Å². The van der Waals surface area contributed by atoms with Crippen LogP contribution in [-0.2, 0) is 6.54 Å². The highest BCUT2D eigenvalue weighted by Crippen LogP contribution is 2.34. The predicted octanol–water partition coefficient (Wildman–Crippen LogP) is 3.60. The second kappa shape index (κ2) is 6.38. The molecule has 0 fully saturated rings. The van der Waals surface area contributed by atoms with Crippen molar-refractivity contribution in [2.24, 2.45) is 0 Å². The molecule has 26 heavy (non-hydrogen) atoms. The van der Waals surface area contributed by atoms with Gasteiger partial charge in [0.05, 0.1) is 32.6 Å². The summed E-state index contributed by atoms with van der Waals surface area (Å²) in [5.74, 6) is 1.18. The number of ether oxygens (including phenoxy) is 2. The molecular formula is C19H16ClN3O3. The molecule has 7 heteroatoms. The molecule has 0 saturated heterocycles. The second-order valence-electron chi connectivity index (χ2n) is 5.91. The van der Waals surface area contributed by atoms with Gasteiger partial charge in [0.1, 0.15) is 11.0 Å². The van der Waals surface area contributed by atoms with Gasteiger partial charge < -0.3 is 14.5 Å². The van der Waals surface area contributed by atoms with Crippen LogP contribution in [0.3, 0.4) is 0 Å². The third-order valence-electron chi connectivity index (χ3n) is 4.34. The fourth-order valence-electron chi connectivity index (χ4n) is 3.02. The molecule has 0 atom stereocenters. The highest BCUT2D eigenvalue weighted by Gasteiger charge is 2.15. The molecule has 4 aromatic rings.